The van der Waals surface area contributed by atoms with Crippen molar-refractivity contribution >= 4 is 11.9 Å². The third kappa shape index (κ3) is 5.48. The molecule has 146 valence electrons. The normalized spacial score (nSPS) is 18.1. The summed E-state index contributed by atoms with van der Waals surface area (Å²) >= 11 is 0.964. The number of hydrogen-bond donors (Lipinski definition) is 2. The first-order valence-corrected chi connectivity index (χ1v) is 10.0. The highest BCUT2D eigenvalue weighted by Gasteiger charge is 2.40. The van der Waals surface area contributed by atoms with Crippen LogP contribution in [-0.4, -0.2) is 25.1 Å². The van der Waals surface area contributed by atoms with Gasteiger partial charge in [-0.15, -0.1) is 0 Å². The lowest BCUT2D eigenvalue weighted by molar-refractivity contribution is -0.152. The van der Waals surface area contributed by atoms with Crippen LogP contribution in [0.1, 0.15) is 28.3 Å². The fourth-order valence-electron chi connectivity index (χ4n) is 3.19. The molecule has 0 spiro atoms. The molecule has 1 aliphatic rings. The molecule has 2 N–H and O–H groups in total. The highest BCUT2D eigenvalue weighted by molar-refractivity contribution is 7.96. The molecule has 2 aromatic rings. The van der Waals surface area contributed by atoms with E-state index in [1.165, 1.54) is 23.3 Å². The molecule has 2 atom stereocenters. The van der Waals surface area contributed by atoms with E-state index in [4.69, 9.17) is 4.74 Å². The van der Waals surface area contributed by atoms with E-state index in [1.54, 1.807) is 18.4 Å². The van der Waals surface area contributed by atoms with Crippen LogP contribution < -0.4 is 10.0 Å². The Morgan fingerprint density at radius 1 is 1.11 bits per heavy atom. The minimum absolute atomic E-state index is 0.111. The van der Waals surface area contributed by atoms with Gasteiger partial charge in [0.2, 0.25) is 0 Å². The number of nitrogens with one attached hydrogen (secondary N) is 2. The lowest BCUT2D eigenvalue weighted by Gasteiger charge is -2.25. The van der Waals surface area contributed by atoms with Crippen LogP contribution in [-0.2, 0) is 24.3 Å². The molecule has 0 bridgehead atoms. The van der Waals surface area contributed by atoms with E-state index in [0.717, 1.165) is 23.9 Å². The fraction of sp³-hybridized carbons (Fsp3) is 0.400. The molecule has 0 amide bonds. The van der Waals surface area contributed by atoms with Gasteiger partial charge in [-0.05, 0) is 28.5 Å². The molecule has 0 aromatic heterocycles. The van der Waals surface area contributed by atoms with Crippen LogP contribution >= 0.6 is 11.9 Å². The zero-order chi connectivity index (χ0) is 19.3. The van der Waals surface area contributed by atoms with Gasteiger partial charge in [0.15, 0.2) is 0 Å². The smallest absolute Gasteiger partial charge is 0.372 e. The maximum absolute atomic E-state index is 13.1. The second-order valence-corrected chi connectivity index (χ2v) is 7.22. The molecule has 0 radical (unpaired) electrons. The monoisotopic (exact) mass is 396 g/mol. The van der Waals surface area contributed by atoms with E-state index in [1.807, 2.05) is 12.1 Å². The second kappa shape index (κ2) is 9.10. The quantitative estimate of drug-likeness (QED) is 0.680. The summed E-state index contributed by atoms with van der Waals surface area (Å²) in [6.45, 7) is 1.92. The third-order valence-corrected chi connectivity index (χ3v) is 5.09. The summed E-state index contributed by atoms with van der Waals surface area (Å²) in [6.07, 6.45) is -1.75. The average molecular weight is 396 g/mol. The molecule has 0 saturated heterocycles. The summed E-state index contributed by atoms with van der Waals surface area (Å²) in [6, 6.07) is 13.1. The van der Waals surface area contributed by atoms with Crippen LogP contribution in [0.3, 0.4) is 0 Å². The number of rotatable bonds is 7. The number of benzene rings is 2. The minimum atomic E-state index is -4.32. The summed E-state index contributed by atoms with van der Waals surface area (Å²) in [7, 11) is 0. The predicted octanol–water partition coefficient (Wildman–Crippen LogP) is 4.39. The number of ether oxygens (including phenoxy) is 1. The van der Waals surface area contributed by atoms with Crippen molar-refractivity contribution in [3.05, 3.63) is 70.8 Å². The molecule has 1 aliphatic heterocycles. The Labute approximate surface area is 161 Å². The van der Waals surface area contributed by atoms with Gasteiger partial charge in [0, 0.05) is 19.5 Å². The van der Waals surface area contributed by atoms with Crippen LogP contribution in [0.4, 0.5) is 13.2 Å². The molecule has 27 heavy (non-hydrogen) atoms. The molecule has 7 heteroatoms. The van der Waals surface area contributed by atoms with E-state index < -0.39 is 12.2 Å². The molecule has 0 fully saturated rings. The van der Waals surface area contributed by atoms with Crippen molar-refractivity contribution < 1.29 is 17.9 Å². The molecular formula is C20H23F3N2OS. The average Bonchev–Trinajstić information content (AvgIpc) is 2.66. The Morgan fingerprint density at radius 2 is 1.81 bits per heavy atom. The number of hydrogen-bond acceptors (Lipinski definition) is 4. The van der Waals surface area contributed by atoms with E-state index in [-0.39, 0.29) is 11.7 Å². The Morgan fingerprint density at radius 3 is 2.48 bits per heavy atom. The lowest BCUT2D eigenvalue weighted by atomic mass is 9.99. The van der Waals surface area contributed by atoms with E-state index in [0.29, 0.717) is 19.7 Å². The van der Waals surface area contributed by atoms with Crippen molar-refractivity contribution in [2.24, 2.45) is 0 Å². The summed E-state index contributed by atoms with van der Waals surface area (Å²) in [5.41, 5.74) is 3.72. The van der Waals surface area contributed by atoms with Gasteiger partial charge in [0.05, 0.1) is 12.7 Å². The zero-order valence-electron chi connectivity index (χ0n) is 15.1. The first-order chi connectivity index (χ1) is 13.0. The Hall–Kier alpha value is -1.54. The fourth-order valence-corrected chi connectivity index (χ4v) is 3.69. The van der Waals surface area contributed by atoms with Gasteiger partial charge < -0.3 is 10.1 Å². The SMILES string of the molecule is CSNC(c1ccc(CNCC2Cc3ccccc3CO2)cc1)C(F)(F)F. The summed E-state index contributed by atoms with van der Waals surface area (Å²) in [5, 5.41) is 3.34. The molecule has 0 aliphatic carbocycles. The van der Waals surface area contributed by atoms with Crippen molar-refractivity contribution in [2.75, 3.05) is 12.8 Å². The third-order valence-electron chi connectivity index (χ3n) is 4.62. The van der Waals surface area contributed by atoms with Gasteiger partial charge in [0.1, 0.15) is 6.04 Å². The maximum Gasteiger partial charge on any atom is 0.408 e. The summed E-state index contributed by atoms with van der Waals surface area (Å²) in [5.74, 6) is 0. The second-order valence-electron chi connectivity index (χ2n) is 6.57. The van der Waals surface area contributed by atoms with Crippen molar-refractivity contribution in [1.29, 1.82) is 0 Å². The van der Waals surface area contributed by atoms with Gasteiger partial charge in [-0.3, -0.25) is 0 Å². The topological polar surface area (TPSA) is 33.3 Å². The summed E-state index contributed by atoms with van der Waals surface area (Å²) in [4.78, 5) is 0. The van der Waals surface area contributed by atoms with Crippen LogP contribution in [0.25, 0.3) is 0 Å². The van der Waals surface area contributed by atoms with Crippen molar-refractivity contribution in [3.8, 4) is 0 Å². The van der Waals surface area contributed by atoms with Gasteiger partial charge in [0.25, 0.3) is 0 Å². The Kier molecular flexibility index (Phi) is 6.81. The first-order valence-electron chi connectivity index (χ1n) is 8.80. The van der Waals surface area contributed by atoms with Crippen molar-refractivity contribution in [2.45, 2.75) is 37.9 Å². The van der Waals surface area contributed by atoms with Crippen LogP contribution in [0.2, 0.25) is 0 Å². The zero-order valence-corrected chi connectivity index (χ0v) is 15.9. The van der Waals surface area contributed by atoms with Gasteiger partial charge in [-0.1, -0.05) is 60.5 Å². The van der Waals surface area contributed by atoms with Gasteiger partial charge in [-0.2, -0.15) is 13.2 Å². The molecular weight excluding hydrogens is 373 g/mol. The lowest BCUT2D eigenvalue weighted by Crippen LogP contribution is -2.33. The first kappa shape index (κ1) is 20.2. The molecule has 3 rings (SSSR count). The predicted molar refractivity (Wildman–Crippen MR) is 102 cm³/mol. The Bertz CT molecular complexity index is 737. The number of alkyl halides is 3. The molecule has 2 unspecified atom stereocenters. The van der Waals surface area contributed by atoms with E-state index in [2.05, 4.69) is 22.2 Å². The van der Waals surface area contributed by atoms with Crippen LogP contribution in [0, 0.1) is 0 Å². The highest BCUT2D eigenvalue weighted by Crippen LogP contribution is 2.33. The Balaban J connectivity index is 1.51. The molecule has 2 aromatic carbocycles. The van der Waals surface area contributed by atoms with E-state index in [9.17, 15) is 13.2 Å². The van der Waals surface area contributed by atoms with Gasteiger partial charge in [-0.25, -0.2) is 4.72 Å². The highest BCUT2D eigenvalue weighted by atomic mass is 32.2. The molecule has 1 heterocycles. The van der Waals surface area contributed by atoms with E-state index >= 15 is 0 Å². The van der Waals surface area contributed by atoms with Crippen molar-refractivity contribution in [1.82, 2.24) is 10.0 Å². The standard InChI is InChI=1S/C20H23F3N2OS/c1-27-25-19(20(21,22)23)15-8-6-14(7-9-15)11-24-12-18-10-16-4-2-3-5-17(16)13-26-18/h2-9,18-19,24-25H,10-13H2,1H3. The summed E-state index contributed by atoms with van der Waals surface area (Å²) < 4.78 is 47.6. The van der Waals surface area contributed by atoms with Gasteiger partial charge >= 0.3 is 6.18 Å². The maximum atomic E-state index is 13.1. The largest absolute Gasteiger partial charge is 0.408 e. The molecule has 3 nitrogen and oxygen atoms in total. The molecule has 0 saturated carbocycles. The van der Waals surface area contributed by atoms with Crippen LogP contribution in [0.15, 0.2) is 48.5 Å². The van der Waals surface area contributed by atoms with Crippen LogP contribution in [0.5, 0.6) is 0 Å². The van der Waals surface area contributed by atoms with Crippen molar-refractivity contribution in [3.63, 3.8) is 0 Å². The minimum Gasteiger partial charge on any atom is -0.372 e. The number of halogens is 3. The number of fused-ring (bicyclic) bond motifs is 1.